The summed E-state index contributed by atoms with van der Waals surface area (Å²) in [6.45, 7) is 6.53. The SMILES string of the molecule is CC(C)N(C)CCCNc1nc(Br)cs1. The largest absolute Gasteiger partial charge is 0.361 e. The zero-order valence-electron chi connectivity index (χ0n) is 9.46. The predicted octanol–water partition coefficient (Wildman–Crippen LogP) is 3.05. The smallest absolute Gasteiger partial charge is 0.183 e. The molecule has 86 valence electrons. The summed E-state index contributed by atoms with van der Waals surface area (Å²) in [5, 5.41) is 6.29. The molecule has 0 aliphatic heterocycles. The Morgan fingerprint density at radius 1 is 1.60 bits per heavy atom. The van der Waals surface area contributed by atoms with Gasteiger partial charge in [0, 0.05) is 18.0 Å². The summed E-state index contributed by atoms with van der Waals surface area (Å²) >= 11 is 4.97. The van der Waals surface area contributed by atoms with Gasteiger partial charge in [-0.3, -0.25) is 0 Å². The van der Waals surface area contributed by atoms with E-state index in [9.17, 15) is 0 Å². The number of anilines is 1. The van der Waals surface area contributed by atoms with Crippen molar-refractivity contribution in [3.05, 3.63) is 9.98 Å². The Hall–Kier alpha value is -0.130. The molecule has 0 aliphatic carbocycles. The lowest BCUT2D eigenvalue weighted by atomic mass is 10.3. The van der Waals surface area contributed by atoms with Gasteiger partial charge >= 0.3 is 0 Å². The van der Waals surface area contributed by atoms with Gasteiger partial charge in [-0.1, -0.05) is 0 Å². The molecule has 0 amide bonds. The molecule has 0 bridgehead atoms. The van der Waals surface area contributed by atoms with Crippen molar-refractivity contribution in [2.45, 2.75) is 26.3 Å². The summed E-state index contributed by atoms with van der Waals surface area (Å²) in [6.07, 6.45) is 1.14. The fourth-order valence-corrected chi connectivity index (χ4v) is 2.29. The first-order valence-electron chi connectivity index (χ1n) is 5.14. The van der Waals surface area contributed by atoms with Crippen LogP contribution in [0.3, 0.4) is 0 Å². The number of halogens is 1. The number of aromatic nitrogens is 1. The molecular formula is C10H18BrN3S. The van der Waals surface area contributed by atoms with E-state index >= 15 is 0 Å². The van der Waals surface area contributed by atoms with E-state index in [1.54, 1.807) is 11.3 Å². The minimum Gasteiger partial charge on any atom is -0.361 e. The van der Waals surface area contributed by atoms with Crippen molar-refractivity contribution in [2.75, 3.05) is 25.5 Å². The highest BCUT2D eigenvalue weighted by Crippen LogP contribution is 2.19. The Kier molecular flexibility index (Phi) is 5.56. The average molecular weight is 292 g/mol. The number of hydrogen-bond donors (Lipinski definition) is 1. The highest BCUT2D eigenvalue weighted by molar-refractivity contribution is 9.10. The maximum absolute atomic E-state index is 4.27. The standard InChI is InChI=1S/C10H18BrN3S/c1-8(2)14(3)6-4-5-12-10-13-9(11)7-15-10/h7-8H,4-6H2,1-3H3,(H,12,13). The van der Waals surface area contributed by atoms with Crippen LogP contribution < -0.4 is 5.32 Å². The van der Waals surface area contributed by atoms with E-state index < -0.39 is 0 Å². The second-order valence-corrected chi connectivity index (χ2v) is 5.50. The molecule has 1 aromatic rings. The molecule has 0 radical (unpaired) electrons. The molecule has 0 spiro atoms. The minimum absolute atomic E-state index is 0.624. The second-order valence-electron chi connectivity index (χ2n) is 3.83. The van der Waals surface area contributed by atoms with Crippen LogP contribution in [0.5, 0.6) is 0 Å². The van der Waals surface area contributed by atoms with E-state index in [1.165, 1.54) is 0 Å². The number of hydrogen-bond acceptors (Lipinski definition) is 4. The third-order valence-electron chi connectivity index (χ3n) is 2.32. The van der Waals surface area contributed by atoms with Crippen molar-refractivity contribution in [3.63, 3.8) is 0 Å². The maximum Gasteiger partial charge on any atom is 0.183 e. The van der Waals surface area contributed by atoms with Gasteiger partial charge in [-0.05, 0) is 49.8 Å². The second kappa shape index (κ2) is 6.45. The Bertz CT molecular complexity index is 288. The molecule has 0 fully saturated rings. The summed E-state index contributed by atoms with van der Waals surface area (Å²) in [5.41, 5.74) is 0. The number of nitrogens with one attached hydrogen (secondary N) is 1. The number of rotatable bonds is 6. The molecule has 1 rings (SSSR count). The van der Waals surface area contributed by atoms with Crippen LogP contribution in [0.25, 0.3) is 0 Å². The Morgan fingerprint density at radius 3 is 2.87 bits per heavy atom. The van der Waals surface area contributed by atoms with Gasteiger partial charge in [-0.2, -0.15) is 0 Å². The van der Waals surface area contributed by atoms with Crippen molar-refractivity contribution in [1.29, 1.82) is 0 Å². The Balaban J connectivity index is 2.12. The third kappa shape index (κ3) is 4.95. The first kappa shape index (κ1) is 12.9. The fourth-order valence-electron chi connectivity index (χ4n) is 1.12. The Morgan fingerprint density at radius 2 is 2.33 bits per heavy atom. The molecule has 0 unspecified atom stereocenters. The van der Waals surface area contributed by atoms with Crippen LogP contribution in [0.2, 0.25) is 0 Å². The van der Waals surface area contributed by atoms with Gasteiger partial charge < -0.3 is 10.2 Å². The van der Waals surface area contributed by atoms with E-state index in [2.05, 4.69) is 52.0 Å². The highest BCUT2D eigenvalue weighted by Gasteiger charge is 2.02. The molecule has 5 heteroatoms. The van der Waals surface area contributed by atoms with E-state index in [4.69, 9.17) is 0 Å². The monoisotopic (exact) mass is 291 g/mol. The maximum atomic E-state index is 4.27. The molecular weight excluding hydrogens is 274 g/mol. The van der Waals surface area contributed by atoms with Crippen LogP contribution in [0, 0.1) is 0 Å². The van der Waals surface area contributed by atoms with Crippen LogP contribution in [-0.2, 0) is 0 Å². The zero-order chi connectivity index (χ0) is 11.3. The molecule has 0 saturated heterocycles. The van der Waals surface area contributed by atoms with Gasteiger partial charge in [0.25, 0.3) is 0 Å². The van der Waals surface area contributed by atoms with Crippen molar-refractivity contribution in [2.24, 2.45) is 0 Å². The average Bonchev–Trinajstić information content (AvgIpc) is 2.58. The van der Waals surface area contributed by atoms with Crippen molar-refractivity contribution in [1.82, 2.24) is 9.88 Å². The lowest BCUT2D eigenvalue weighted by molar-refractivity contribution is 0.273. The van der Waals surface area contributed by atoms with Crippen molar-refractivity contribution < 1.29 is 0 Å². The topological polar surface area (TPSA) is 28.2 Å². The van der Waals surface area contributed by atoms with Crippen molar-refractivity contribution in [3.8, 4) is 0 Å². The van der Waals surface area contributed by atoms with Gasteiger partial charge in [0.1, 0.15) is 4.60 Å². The molecule has 0 atom stereocenters. The van der Waals surface area contributed by atoms with Gasteiger partial charge in [-0.15, -0.1) is 11.3 Å². The van der Waals surface area contributed by atoms with E-state index in [0.29, 0.717) is 6.04 Å². The summed E-state index contributed by atoms with van der Waals surface area (Å²) in [5.74, 6) is 0. The molecule has 1 heterocycles. The molecule has 0 aromatic carbocycles. The summed E-state index contributed by atoms with van der Waals surface area (Å²) in [7, 11) is 2.16. The first-order chi connectivity index (χ1) is 7.09. The van der Waals surface area contributed by atoms with Crippen LogP contribution in [-0.4, -0.2) is 36.1 Å². The molecule has 1 aromatic heterocycles. The van der Waals surface area contributed by atoms with Gasteiger partial charge in [0.05, 0.1) is 0 Å². The van der Waals surface area contributed by atoms with Gasteiger partial charge in [0.2, 0.25) is 0 Å². The summed E-state index contributed by atoms with van der Waals surface area (Å²) < 4.78 is 0.911. The van der Waals surface area contributed by atoms with Crippen LogP contribution in [0.1, 0.15) is 20.3 Å². The molecule has 3 nitrogen and oxygen atoms in total. The predicted molar refractivity (Wildman–Crippen MR) is 70.7 cm³/mol. The summed E-state index contributed by atoms with van der Waals surface area (Å²) in [6, 6.07) is 0.624. The lowest BCUT2D eigenvalue weighted by Crippen LogP contribution is -2.28. The van der Waals surface area contributed by atoms with Crippen LogP contribution in [0.15, 0.2) is 9.98 Å². The van der Waals surface area contributed by atoms with E-state index in [1.807, 2.05) is 5.38 Å². The molecule has 1 N–H and O–H groups in total. The quantitative estimate of drug-likeness (QED) is 0.817. The number of thiazole rings is 1. The van der Waals surface area contributed by atoms with Crippen LogP contribution >= 0.6 is 27.3 Å². The molecule has 0 saturated carbocycles. The molecule has 0 aliphatic rings. The fraction of sp³-hybridized carbons (Fsp3) is 0.700. The first-order valence-corrected chi connectivity index (χ1v) is 6.82. The van der Waals surface area contributed by atoms with Crippen LogP contribution in [0.4, 0.5) is 5.13 Å². The van der Waals surface area contributed by atoms with E-state index in [-0.39, 0.29) is 0 Å². The third-order valence-corrected chi connectivity index (χ3v) is 3.83. The summed E-state index contributed by atoms with van der Waals surface area (Å²) in [4.78, 5) is 6.62. The Labute approximate surface area is 104 Å². The van der Waals surface area contributed by atoms with E-state index in [0.717, 1.165) is 29.2 Å². The van der Waals surface area contributed by atoms with Crippen molar-refractivity contribution >= 4 is 32.4 Å². The highest BCUT2D eigenvalue weighted by atomic mass is 79.9. The zero-order valence-corrected chi connectivity index (χ0v) is 11.9. The van der Waals surface area contributed by atoms with Gasteiger partial charge in [-0.25, -0.2) is 4.98 Å². The lowest BCUT2D eigenvalue weighted by Gasteiger charge is -2.20. The van der Waals surface area contributed by atoms with Gasteiger partial charge in [0.15, 0.2) is 5.13 Å². The molecule has 15 heavy (non-hydrogen) atoms. The number of nitrogens with zero attached hydrogens (tertiary/aromatic N) is 2. The minimum atomic E-state index is 0.624. The normalized spacial score (nSPS) is 11.3.